The Kier molecular flexibility index (Phi) is 5.31. The normalized spacial score (nSPS) is 12.0. The van der Waals surface area contributed by atoms with Crippen molar-refractivity contribution >= 4 is 23.2 Å². The first-order valence-electron chi connectivity index (χ1n) is 6.23. The van der Waals surface area contributed by atoms with Gasteiger partial charge in [0.05, 0.1) is 20.3 Å². The molecule has 2 aromatic carbocycles. The van der Waals surface area contributed by atoms with Gasteiger partial charge in [0.15, 0.2) is 0 Å². The summed E-state index contributed by atoms with van der Waals surface area (Å²) in [6, 6.07) is 10.4. The maximum absolute atomic E-state index is 6.25. The molecule has 0 aliphatic carbocycles. The third kappa shape index (κ3) is 3.41. The van der Waals surface area contributed by atoms with E-state index in [2.05, 4.69) is 5.43 Å². The predicted octanol–water partition coefficient (Wildman–Crippen LogP) is 3.56. The van der Waals surface area contributed by atoms with Crippen molar-refractivity contribution in [2.24, 2.45) is 5.84 Å². The molecule has 0 aromatic heterocycles. The minimum atomic E-state index is -0.350. The standard InChI is InChI=1S/C15H16Cl2N2O2/c1-20-10-4-5-11(14(8-10)21-2)15(19-18)12-7-9(16)3-6-13(12)17/h3-8,15,19H,18H2,1-2H3. The van der Waals surface area contributed by atoms with E-state index in [0.717, 1.165) is 11.1 Å². The molecule has 0 bridgehead atoms. The summed E-state index contributed by atoms with van der Waals surface area (Å²) in [5, 5.41) is 1.15. The molecule has 0 aliphatic heterocycles. The van der Waals surface area contributed by atoms with Crippen molar-refractivity contribution in [3.63, 3.8) is 0 Å². The first-order chi connectivity index (χ1) is 10.1. The molecular weight excluding hydrogens is 311 g/mol. The minimum Gasteiger partial charge on any atom is -0.497 e. The summed E-state index contributed by atoms with van der Waals surface area (Å²) >= 11 is 12.3. The summed E-state index contributed by atoms with van der Waals surface area (Å²) in [6.45, 7) is 0. The van der Waals surface area contributed by atoms with Gasteiger partial charge in [0.2, 0.25) is 0 Å². The van der Waals surface area contributed by atoms with Gasteiger partial charge in [-0.3, -0.25) is 5.84 Å². The van der Waals surface area contributed by atoms with E-state index in [-0.39, 0.29) is 6.04 Å². The summed E-state index contributed by atoms with van der Waals surface area (Å²) in [4.78, 5) is 0. The van der Waals surface area contributed by atoms with Crippen LogP contribution in [0.25, 0.3) is 0 Å². The average molecular weight is 327 g/mol. The van der Waals surface area contributed by atoms with Gasteiger partial charge in [-0.2, -0.15) is 0 Å². The number of hydrazine groups is 1. The maximum atomic E-state index is 6.25. The van der Waals surface area contributed by atoms with Gasteiger partial charge in [-0.1, -0.05) is 23.2 Å². The van der Waals surface area contributed by atoms with Gasteiger partial charge in [0.1, 0.15) is 11.5 Å². The Morgan fingerprint density at radius 2 is 1.76 bits per heavy atom. The van der Waals surface area contributed by atoms with Crippen molar-refractivity contribution in [2.75, 3.05) is 14.2 Å². The van der Waals surface area contributed by atoms with E-state index in [1.165, 1.54) is 0 Å². The first-order valence-corrected chi connectivity index (χ1v) is 6.99. The molecule has 4 nitrogen and oxygen atoms in total. The monoisotopic (exact) mass is 326 g/mol. The Morgan fingerprint density at radius 3 is 2.38 bits per heavy atom. The quantitative estimate of drug-likeness (QED) is 0.651. The molecule has 0 heterocycles. The molecule has 0 aliphatic rings. The molecule has 1 atom stereocenters. The number of methoxy groups -OCH3 is 2. The van der Waals surface area contributed by atoms with Gasteiger partial charge in [-0.15, -0.1) is 0 Å². The van der Waals surface area contributed by atoms with Crippen molar-refractivity contribution in [1.29, 1.82) is 0 Å². The highest BCUT2D eigenvalue weighted by Gasteiger charge is 2.20. The number of ether oxygens (including phenoxy) is 2. The fourth-order valence-electron chi connectivity index (χ4n) is 2.14. The Labute approximate surface area is 133 Å². The van der Waals surface area contributed by atoms with Crippen molar-refractivity contribution in [2.45, 2.75) is 6.04 Å². The number of hydrogen-bond donors (Lipinski definition) is 2. The molecule has 2 rings (SSSR count). The van der Waals surface area contributed by atoms with Gasteiger partial charge in [0.25, 0.3) is 0 Å². The third-order valence-electron chi connectivity index (χ3n) is 3.19. The summed E-state index contributed by atoms with van der Waals surface area (Å²) in [5.41, 5.74) is 4.36. The Balaban J connectivity index is 2.53. The number of rotatable bonds is 5. The zero-order chi connectivity index (χ0) is 15.4. The molecule has 2 aromatic rings. The molecule has 0 radical (unpaired) electrons. The van der Waals surface area contributed by atoms with E-state index < -0.39 is 0 Å². The lowest BCUT2D eigenvalue weighted by atomic mass is 9.98. The van der Waals surface area contributed by atoms with Crippen molar-refractivity contribution in [3.05, 3.63) is 57.6 Å². The average Bonchev–Trinajstić information content (AvgIpc) is 2.51. The Morgan fingerprint density at radius 1 is 1.00 bits per heavy atom. The van der Waals surface area contributed by atoms with Gasteiger partial charge in [0, 0.05) is 21.7 Å². The molecule has 0 fully saturated rings. The molecule has 3 N–H and O–H groups in total. The van der Waals surface area contributed by atoms with Crippen LogP contribution in [0, 0.1) is 0 Å². The van der Waals surface area contributed by atoms with Crippen molar-refractivity contribution in [1.82, 2.24) is 5.43 Å². The molecule has 0 saturated heterocycles. The lowest BCUT2D eigenvalue weighted by molar-refractivity contribution is 0.387. The second kappa shape index (κ2) is 7.00. The van der Waals surface area contributed by atoms with Crippen LogP contribution in [-0.2, 0) is 0 Å². The lowest BCUT2D eigenvalue weighted by Crippen LogP contribution is -2.29. The zero-order valence-electron chi connectivity index (χ0n) is 11.7. The third-order valence-corrected chi connectivity index (χ3v) is 3.77. The Hall–Kier alpha value is -1.46. The highest BCUT2D eigenvalue weighted by Crippen LogP contribution is 2.36. The second-order valence-corrected chi connectivity index (χ2v) is 5.22. The summed E-state index contributed by atoms with van der Waals surface area (Å²) in [6.07, 6.45) is 0. The fraction of sp³-hybridized carbons (Fsp3) is 0.200. The van der Waals surface area contributed by atoms with E-state index in [1.54, 1.807) is 38.5 Å². The van der Waals surface area contributed by atoms with Crippen LogP contribution in [0.5, 0.6) is 11.5 Å². The molecule has 0 amide bonds. The molecule has 0 spiro atoms. The highest BCUT2D eigenvalue weighted by atomic mass is 35.5. The summed E-state index contributed by atoms with van der Waals surface area (Å²) in [7, 11) is 3.19. The number of benzene rings is 2. The van der Waals surface area contributed by atoms with Gasteiger partial charge >= 0.3 is 0 Å². The topological polar surface area (TPSA) is 56.5 Å². The summed E-state index contributed by atoms with van der Waals surface area (Å²) in [5.74, 6) is 7.06. The van der Waals surface area contributed by atoms with Crippen LogP contribution in [0.4, 0.5) is 0 Å². The van der Waals surface area contributed by atoms with Crippen molar-refractivity contribution < 1.29 is 9.47 Å². The largest absolute Gasteiger partial charge is 0.497 e. The minimum absolute atomic E-state index is 0.350. The lowest BCUT2D eigenvalue weighted by Gasteiger charge is -2.21. The molecule has 112 valence electrons. The van der Waals surface area contributed by atoms with Crippen LogP contribution in [0.15, 0.2) is 36.4 Å². The van der Waals surface area contributed by atoms with Crippen LogP contribution < -0.4 is 20.7 Å². The first kappa shape index (κ1) is 15.9. The molecule has 21 heavy (non-hydrogen) atoms. The highest BCUT2D eigenvalue weighted by molar-refractivity contribution is 6.33. The predicted molar refractivity (Wildman–Crippen MR) is 85.2 cm³/mol. The van der Waals surface area contributed by atoms with Gasteiger partial charge in [-0.25, -0.2) is 5.43 Å². The van der Waals surface area contributed by atoms with Gasteiger partial charge < -0.3 is 9.47 Å². The van der Waals surface area contributed by atoms with E-state index in [0.29, 0.717) is 21.5 Å². The maximum Gasteiger partial charge on any atom is 0.127 e. The SMILES string of the molecule is COc1ccc(C(NN)c2cc(Cl)ccc2Cl)c(OC)c1. The van der Waals surface area contributed by atoms with Crippen LogP contribution in [-0.4, -0.2) is 14.2 Å². The van der Waals surface area contributed by atoms with Crippen LogP contribution >= 0.6 is 23.2 Å². The molecule has 6 heteroatoms. The van der Waals surface area contributed by atoms with Crippen LogP contribution in [0.1, 0.15) is 17.2 Å². The van der Waals surface area contributed by atoms with E-state index >= 15 is 0 Å². The van der Waals surface area contributed by atoms with Crippen LogP contribution in [0.3, 0.4) is 0 Å². The van der Waals surface area contributed by atoms with E-state index in [1.807, 2.05) is 12.1 Å². The Bertz CT molecular complexity index is 635. The van der Waals surface area contributed by atoms with Gasteiger partial charge in [-0.05, 0) is 35.9 Å². The number of halogens is 2. The zero-order valence-corrected chi connectivity index (χ0v) is 13.2. The summed E-state index contributed by atoms with van der Waals surface area (Å²) < 4.78 is 10.6. The van der Waals surface area contributed by atoms with E-state index in [4.69, 9.17) is 38.5 Å². The van der Waals surface area contributed by atoms with Crippen LogP contribution in [0.2, 0.25) is 10.0 Å². The molecular formula is C15H16Cl2N2O2. The number of nitrogens with two attached hydrogens (primary N) is 1. The smallest absolute Gasteiger partial charge is 0.127 e. The number of hydrogen-bond acceptors (Lipinski definition) is 4. The number of nitrogens with one attached hydrogen (secondary N) is 1. The molecule has 1 unspecified atom stereocenters. The van der Waals surface area contributed by atoms with Crippen molar-refractivity contribution in [3.8, 4) is 11.5 Å². The fourth-order valence-corrected chi connectivity index (χ4v) is 2.55. The molecule has 0 saturated carbocycles. The second-order valence-electron chi connectivity index (χ2n) is 4.37. The van der Waals surface area contributed by atoms with E-state index in [9.17, 15) is 0 Å².